The van der Waals surface area contributed by atoms with Gasteiger partial charge in [-0.3, -0.25) is 14.7 Å². The molecule has 2 N–H and O–H groups in total. The first-order valence-electron chi connectivity index (χ1n) is 14.4. The highest BCUT2D eigenvalue weighted by molar-refractivity contribution is 6.42. The summed E-state index contributed by atoms with van der Waals surface area (Å²) in [5, 5.41) is 14.8. The quantitative estimate of drug-likeness (QED) is 0.235. The fraction of sp³-hybridized carbons (Fsp3) is 0.364. The van der Waals surface area contributed by atoms with Crippen molar-refractivity contribution in [1.82, 2.24) is 4.90 Å². The van der Waals surface area contributed by atoms with E-state index in [4.69, 9.17) is 39.8 Å². The number of hydrogen-bond donors (Lipinski definition) is 2. The lowest BCUT2D eigenvalue weighted by Crippen LogP contribution is -2.39. The Labute approximate surface area is 261 Å². The number of aliphatic carboxylic acids is 1. The van der Waals surface area contributed by atoms with Crippen LogP contribution < -0.4 is 5.32 Å². The zero-order valence-electron chi connectivity index (χ0n) is 23.2. The van der Waals surface area contributed by atoms with Crippen LogP contribution in [0.2, 0.25) is 15.1 Å². The average molecular weight is 627 g/mol. The summed E-state index contributed by atoms with van der Waals surface area (Å²) in [4.78, 5) is 33.3. The summed E-state index contributed by atoms with van der Waals surface area (Å²) >= 11 is 18.8. The van der Waals surface area contributed by atoms with Gasteiger partial charge in [0.05, 0.1) is 27.5 Å². The van der Waals surface area contributed by atoms with Gasteiger partial charge in [-0.15, -0.1) is 0 Å². The molecule has 0 radical (unpaired) electrons. The molecular formula is C33H34Cl3N3O3. The number of aliphatic imine (C=N–C) groups is 1. The second-order valence-corrected chi connectivity index (χ2v) is 12.3. The Morgan fingerprint density at radius 1 is 0.905 bits per heavy atom. The summed E-state index contributed by atoms with van der Waals surface area (Å²) in [6.45, 7) is 1.35. The number of likely N-dealkylation sites (tertiary alicyclic amines) is 1. The largest absolute Gasteiger partial charge is 0.480 e. The number of carboxylic acids is 1. The van der Waals surface area contributed by atoms with Crippen LogP contribution >= 0.6 is 34.8 Å². The van der Waals surface area contributed by atoms with Crippen LogP contribution in [0, 0.1) is 5.92 Å². The van der Waals surface area contributed by atoms with Crippen molar-refractivity contribution in [3.8, 4) is 0 Å². The molecule has 0 spiro atoms. The zero-order chi connectivity index (χ0) is 29.6. The number of rotatable bonds is 9. The van der Waals surface area contributed by atoms with Crippen molar-refractivity contribution in [2.24, 2.45) is 10.9 Å². The maximum atomic E-state index is 13.7. The zero-order valence-corrected chi connectivity index (χ0v) is 25.5. The van der Waals surface area contributed by atoms with Crippen LogP contribution in [-0.4, -0.2) is 46.2 Å². The fourth-order valence-corrected chi connectivity index (χ4v) is 6.56. The van der Waals surface area contributed by atoms with Crippen LogP contribution in [0.3, 0.4) is 0 Å². The number of amides is 1. The highest BCUT2D eigenvalue weighted by Crippen LogP contribution is 2.32. The maximum Gasteiger partial charge on any atom is 0.328 e. The number of anilines is 1. The molecule has 0 unspecified atom stereocenters. The Bertz CT molecular complexity index is 1460. The third-order valence-corrected chi connectivity index (χ3v) is 9.17. The molecule has 0 bridgehead atoms. The van der Waals surface area contributed by atoms with Crippen molar-refractivity contribution < 1.29 is 14.7 Å². The van der Waals surface area contributed by atoms with E-state index in [9.17, 15) is 14.7 Å². The number of carboxylic acid groups (broad SMARTS) is 1. The normalized spacial score (nSPS) is 19.0. The van der Waals surface area contributed by atoms with Crippen LogP contribution in [0.4, 0.5) is 5.69 Å². The van der Waals surface area contributed by atoms with Crippen molar-refractivity contribution in [2.75, 3.05) is 11.9 Å². The smallest absolute Gasteiger partial charge is 0.328 e. The van der Waals surface area contributed by atoms with Crippen molar-refractivity contribution in [1.29, 1.82) is 0 Å². The highest BCUT2D eigenvalue weighted by Gasteiger charge is 2.33. The summed E-state index contributed by atoms with van der Waals surface area (Å²) in [5.74, 6) is -1.11. The molecule has 1 aliphatic heterocycles. The first kappa shape index (κ1) is 30.6. The van der Waals surface area contributed by atoms with Gasteiger partial charge in [0.25, 0.3) is 0 Å². The molecule has 2 atom stereocenters. The van der Waals surface area contributed by atoms with E-state index in [1.54, 1.807) is 24.3 Å². The Morgan fingerprint density at radius 3 is 2.38 bits per heavy atom. The number of nitrogens with zero attached hydrogens (tertiary/aromatic N) is 2. The minimum Gasteiger partial charge on any atom is -0.480 e. The SMILES string of the molecule is O=C(O)[C@@H](N=C(c1ccccc1)c1cc(Cl)ccc1NC(=O)[C@@H]1CCCN1Cc1ccc(Cl)c(Cl)c1)C1CCCCC1. The van der Waals surface area contributed by atoms with Gasteiger partial charge in [-0.2, -0.15) is 0 Å². The molecule has 6 nitrogen and oxygen atoms in total. The van der Waals surface area contributed by atoms with E-state index < -0.39 is 12.0 Å². The lowest BCUT2D eigenvalue weighted by molar-refractivity contribution is -0.140. The van der Waals surface area contributed by atoms with Gasteiger partial charge in [0, 0.05) is 22.7 Å². The fourth-order valence-electron chi connectivity index (χ4n) is 6.07. The molecular weight excluding hydrogens is 593 g/mol. The molecule has 1 saturated carbocycles. The van der Waals surface area contributed by atoms with Crippen molar-refractivity contribution in [3.63, 3.8) is 0 Å². The Hall–Kier alpha value is -2.90. The van der Waals surface area contributed by atoms with E-state index in [1.165, 1.54) is 0 Å². The summed E-state index contributed by atoms with van der Waals surface area (Å²) in [6.07, 6.45) is 6.40. The molecule has 9 heteroatoms. The molecule has 1 saturated heterocycles. The lowest BCUT2D eigenvalue weighted by Gasteiger charge is -2.26. The second-order valence-electron chi connectivity index (χ2n) is 11.1. The first-order valence-corrected chi connectivity index (χ1v) is 15.6. The van der Waals surface area contributed by atoms with Crippen molar-refractivity contribution in [2.45, 2.75) is 63.6 Å². The number of carbonyl (C=O) groups excluding carboxylic acids is 1. The number of benzene rings is 3. The molecule has 3 aromatic carbocycles. The van der Waals surface area contributed by atoms with Gasteiger partial charge in [0.2, 0.25) is 5.91 Å². The number of nitrogens with one attached hydrogen (secondary N) is 1. The molecule has 1 heterocycles. The van der Waals surface area contributed by atoms with E-state index in [0.29, 0.717) is 38.6 Å². The van der Waals surface area contributed by atoms with E-state index in [2.05, 4.69) is 10.2 Å². The van der Waals surface area contributed by atoms with Crippen LogP contribution in [0.5, 0.6) is 0 Å². The van der Waals surface area contributed by atoms with E-state index in [0.717, 1.165) is 62.6 Å². The standard InChI is InChI=1S/C33H34Cl3N3O3/c34-24-14-16-28(37-32(40)29-12-7-17-39(29)20-21-13-15-26(35)27(36)18-21)25(19-24)30(22-8-3-1-4-9-22)38-31(33(41)42)23-10-5-2-6-11-23/h1,3-4,8-9,13-16,18-19,23,29,31H,2,5-7,10-12,17,20H2,(H,37,40)(H,41,42)/t29-,31-/m0/s1. The Morgan fingerprint density at radius 2 is 1.67 bits per heavy atom. The number of hydrogen-bond acceptors (Lipinski definition) is 4. The molecule has 2 aliphatic rings. The summed E-state index contributed by atoms with van der Waals surface area (Å²) in [7, 11) is 0. The van der Waals surface area contributed by atoms with E-state index in [-0.39, 0.29) is 17.9 Å². The predicted octanol–water partition coefficient (Wildman–Crippen LogP) is 8.12. The molecule has 1 amide bonds. The number of halogens is 3. The van der Waals surface area contributed by atoms with Gasteiger partial charge in [-0.25, -0.2) is 4.79 Å². The third kappa shape index (κ3) is 7.35. The molecule has 220 valence electrons. The Kier molecular flexibility index (Phi) is 10.2. The topological polar surface area (TPSA) is 82.0 Å². The summed E-state index contributed by atoms with van der Waals surface area (Å²) in [6, 6.07) is 19.0. The van der Waals surface area contributed by atoms with Gasteiger partial charge >= 0.3 is 5.97 Å². The van der Waals surface area contributed by atoms with Gasteiger partial charge in [0.15, 0.2) is 6.04 Å². The Balaban J connectivity index is 1.46. The minimum absolute atomic E-state index is 0.0411. The lowest BCUT2D eigenvalue weighted by atomic mass is 9.84. The average Bonchev–Trinajstić information content (AvgIpc) is 3.45. The van der Waals surface area contributed by atoms with Gasteiger partial charge in [-0.05, 0) is 74.0 Å². The van der Waals surface area contributed by atoms with Crippen molar-refractivity contribution >= 4 is 58.1 Å². The third-order valence-electron chi connectivity index (χ3n) is 8.20. The van der Waals surface area contributed by atoms with E-state index in [1.807, 2.05) is 42.5 Å². The van der Waals surface area contributed by atoms with Gasteiger partial charge in [0.1, 0.15) is 0 Å². The van der Waals surface area contributed by atoms with Gasteiger partial charge < -0.3 is 10.4 Å². The highest BCUT2D eigenvalue weighted by atomic mass is 35.5. The second kappa shape index (κ2) is 14.0. The molecule has 0 aromatic heterocycles. The molecule has 3 aromatic rings. The number of carbonyl (C=O) groups is 2. The summed E-state index contributed by atoms with van der Waals surface area (Å²) < 4.78 is 0. The van der Waals surface area contributed by atoms with Crippen LogP contribution in [0.1, 0.15) is 61.6 Å². The maximum absolute atomic E-state index is 13.7. The molecule has 1 aliphatic carbocycles. The molecule has 5 rings (SSSR count). The monoisotopic (exact) mass is 625 g/mol. The first-order chi connectivity index (χ1) is 20.3. The molecule has 42 heavy (non-hydrogen) atoms. The van der Waals surface area contributed by atoms with Crippen LogP contribution in [0.25, 0.3) is 0 Å². The molecule has 2 fully saturated rings. The van der Waals surface area contributed by atoms with E-state index >= 15 is 0 Å². The van der Waals surface area contributed by atoms with Gasteiger partial charge in [-0.1, -0.05) is 90.5 Å². The summed E-state index contributed by atoms with van der Waals surface area (Å²) in [5.41, 5.74) is 3.39. The van der Waals surface area contributed by atoms with Crippen LogP contribution in [-0.2, 0) is 16.1 Å². The predicted molar refractivity (Wildman–Crippen MR) is 170 cm³/mol. The minimum atomic E-state index is -0.938. The van der Waals surface area contributed by atoms with Crippen LogP contribution in [0.15, 0.2) is 71.7 Å². The van der Waals surface area contributed by atoms with Crippen molar-refractivity contribution in [3.05, 3.63) is 98.5 Å².